The zero-order chi connectivity index (χ0) is 18.2. The highest BCUT2D eigenvalue weighted by molar-refractivity contribution is 7.80. The van der Waals surface area contributed by atoms with Gasteiger partial charge in [0.25, 0.3) is 5.91 Å². The molecule has 0 unspecified atom stereocenters. The number of anilines is 1. The molecule has 0 saturated heterocycles. The molecule has 0 atom stereocenters. The summed E-state index contributed by atoms with van der Waals surface area (Å²) in [7, 11) is 0. The second-order valence-corrected chi connectivity index (χ2v) is 6.42. The molecule has 0 bridgehead atoms. The topological polar surface area (TPSA) is 71.0 Å². The van der Waals surface area contributed by atoms with E-state index in [1.807, 2.05) is 32.0 Å². The van der Waals surface area contributed by atoms with Crippen LogP contribution in [0.25, 0.3) is 0 Å². The Morgan fingerprint density at radius 1 is 1.20 bits per heavy atom. The van der Waals surface area contributed by atoms with Crippen LogP contribution in [0.5, 0.6) is 0 Å². The van der Waals surface area contributed by atoms with Crippen LogP contribution >= 0.6 is 12.2 Å². The average Bonchev–Trinajstić information content (AvgIpc) is 2.89. The molecular formula is C18H25N5OS. The molecule has 1 amide bonds. The van der Waals surface area contributed by atoms with Crippen molar-refractivity contribution in [2.24, 2.45) is 0 Å². The number of aryl methyl sites for hydroxylation is 3. The van der Waals surface area contributed by atoms with Gasteiger partial charge in [-0.05, 0) is 62.7 Å². The lowest BCUT2D eigenvalue weighted by Crippen LogP contribution is -2.45. The summed E-state index contributed by atoms with van der Waals surface area (Å²) in [6.07, 6.45) is 3.46. The van der Waals surface area contributed by atoms with Crippen molar-refractivity contribution in [2.45, 2.75) is 46.6 Å². The molecule has 2 rings (SSSR count). The van der Waals surface area contributed by atoms with E-state index < -0.39 is 0 Å². The molecule has 3 N–H and O–H groups in total. The number of benzene rings is 1. The number of amides is 1. The molecule has 0 fully saturated rings. The Morgan fingerprint density at radius 3 is 2.52 bits per heavy atom. The predicted molar refractivity (Wildman–Crippen MR) is 104 cm³/mol. The van der Waals surface area contributed by atoms with Gasteiger partial charge in [0.2, 0.25) is 0 Å². The summed E-state index contributed by atoms with van der Waals surface area (Å²) in [5.41, 5.74) is 9.30. The first-order valence-corrected chi connectivity index (χ1v) is 8.84. The maximum atomic E-state index is 12.0. The second kappa shape index (κ2) is 9.17. The minimum Gasteiger partial charge on any atom is -0.331 e. The van der Waals surface area contributed by atoms with Crippen molar-refractivity contribution in [1.82, 2.24) is 20.6 Å². The molecule has 0 radical (unpaired) electrons. The van der Waals surface area contributed by atoms with Crippen molar-refractivity contribution in [2.75, 3.05) is 5.32 Å². The number of unbranched alkanes of at least 4 members (excludes halogenated alkanes) is 1. The monoisotopic (exact) mass is 359 g/mol. The fraction of sp³-hybridized carbons (Fsp3) is 0.389. The maximum Gasteiger partial charge on any atom is 0.260 e. The highest BCUT2D eigenvalue weighted by Gasteiger charge is 2.07. The van der Waals surface area contributed by atoms with Gasteiger partial charge in [0, 0.05) is 11.4 Å². The molecule has 0 aliphatic carbocycles. The molecule has 7 heteroatoms. The summed E-state index contributed by atoms with van der Waals surface area (Å²) in [6, 6.07) is 10.1. The molecule has 134 valence electrons. The lowest BCUT2D eigenvalue weighted by Gasteiger charge is -2.12. The predicted octanol–water partition coefficient (Wildman–Crippen LogP) is 2.86. The van der Waals surface area contributed by atoms with Gasteiger partial charge in [-0.2, -0.15) is 5.10 Å². The van der Waals surface area contributed by atoms with Crippen LogP contribution in [0.4, 0.5) is 5.69 Å². The summed E-state index contributed by atoms with van der Waals surface area (Å²) >= 11 is 5.19. The normalized spacial score (nSPS) is 10.4. The van der Waals surface area contributed by atoms with Crippen molar-refractivity contribution in [3.8, 4) is 0 Å². The third kappa shape index (κ3) is 6.19. The summed E-state index contributed by atoms with van der Waals surface area (Å²) < 4.78 is 1.65. The van der Waals surface area contributed by atoms with E-state index in [0.29, 0.717) is 5.11 Å². The average molecular weight is 359 g/mol. The first kappa shape index (κ1) is 18.9. The molecule has 1 heterocycles. The fourth-order valence-corrected chi connectivity index (χ4v) is 2.60. The van der Waals surface area contributed by atoms with Gasteiger partial charge in [-0.1, -0.05) is 25.5 Å². The van der Waals surface area contributed by atoms with E-state index in [9.17, 15) is 4.79 Å². The van der Waals surface area contributed by atoms with E-state index in [0.717, 1.165) is 23.5 Å². The Hall–Kier alpha value is -2.41. The van der Waals surface area contributed by atoms with Gasteiger partial charge >= 0.3 is 0 Å². The number of hydrogen-bond acceptors (Lipinski definition) is 3. The van der Waals surface area contributed by atoms with Gasteiger partial charge in [0.1, 0.15) is 6.54 Å². The quantitative estimate of drug-likeness (QED) is 0.546. The number of rotatable bonds is 6. The van der Waals surface area contributed by atoms with Crippen LogP contribution in [-0.2, 0) is 17.8 Å². The van der Waals surface area contributed by atoms with Crippen LogP contribution in [0.1, 0.15) is 36.7 Å². The summed E-state index contributed by atoms with van der Waals surface area (Å²) in [6.45, 7) is 6.13. The zero-order valence-corrected chi connectivity index (χ0v) is 15.7. The van der Waals surface area contributed by atoms with Gasteiger partial charge in [-0.25, -0.2) is 0 Å². The molecule has 0 aliphatic heterocycles. The Kier molecular flexibility index (Phi) is 6.94. The van der Waals surface area contributed by atoms with Gasteiger partial charge in [0.05, 0.1) is 5.69 Å². The lowest BCUT2D eigenvalue weighted by atomic mass is 10.1. The third-order valence-corrected chi connectivity index (χ3v) is 3.95. The van der Waals surface area contributed by atoms with Crippen molar-refractivity contribution in [3.63, 3.8) is 0 Å². The SMILES string of the molecule is CCCCc1ccc(NC(=S)NNC(=O)Cn2nc(C)cc2C)cc1. The molecule has 1 aromatic heterocycles. The van der Waals surface area contributed by atoms with Gasteiger partial charge in [-0.15, -0.1) is 0 Å². The fourth-order valence-electron chi connectivity index (χ4n) is 2.44. The van der Waals surface area contributed by atoms with Crippen LogP contribution < -0.4 is 16.2 Å². The molecular weight excluding hydrogens is 334 g/mol. The highest BCUT2D eigenvalue weighted by atomic mass is 32.1. The van der Waals surface area contributed by atoms with Crippen molar-refractivity contribution < 1.29 is 4.79 Å². The number of thiocarbonyl (C=S) groups is 1. The van der Waals surface area contributed by atoms with Crippen LogP contribution in [0.3, 0.4) is 0 Å². The molecule has 0 spiro atoms. The van der Waals surface area contributed by atoms with Gasteiger partial charge in [0.15, 0.2) is 5.11 Å². The number of carbonyl (C=O) groups excluding carboxylic acids is 1. The standard InChI is InChI=1S/C18H25N5OS/c1-4-5-6-15-7-9-16(10-8-15)19-18(25)21-20-17(24)12-23-14(3)11-13(2)22-23/h7-11H,4-6,12H2,1-3H3,(H,20,24)(H2,19,21,25). The summed E-state index contributed by atoms with van der Waals surface area (Å²) in [5, 5.41) is 7.63. The van der Waals surface area contributed by atoms with E-state index in [1.165, 1.54) is 18.4 Å². The van der Waals surface area contributed by atoms with Crippen molar-refractivity contribution >= 4 is 28.9 Å². The van der Waals surface area contributed by atoms with E-state index in [-0.39, 0.29) is 12.5 Å². The number of aromatic nitrogens is 2. The van der Waals surface area contributed by atoms with E-state index >= 15 is 0 Å². The van der Waals surface area contributed by atoms with Crippen LogP contribution in [0.15, 0.2) is 30.3 Å². The van der Waals surface area contributed by atoms with E-state index in [4.69, 9.17) is 12.2 Å². The first-order chi connectivity index (χ1) is 12.0. The Morgan fingerprint density at radius 2 is 1.92 bits per heavy atom. The van der Waals surface area contributed by atoms with Crippen LogP contribution in [-0.4, -0.2) is 20.8 Å². The number of nitrogens with one attached hydrogen (secondary N) is 3. The van der Waals surface area contributed by atoms with Gasteiger partial charge in [-0.3, -0.25) is 20.3 Å². The number of hydrazine groups is 1. The maximum absolute atomic E-state index is 12.0. The van der Waals surface area contributed by atoms with Crippen LogP contribution in [0.2, 0.25) is 0 Å². The highest BCUT2D eigenvalue weighted by Crippen LogP contribution is 2.11. The minimum absolute atomic E-state index is 0.140. The Bertz CT molecular complexity index is 724. The van der Waals surface area contributed by atoms with E-state index in [2.05, 4.69) is 40.3 Å². The van der Waals surface area contributed by atoms with E-state index in [1.54, 1.807) is 4.68 Å². The summed E-state index contributed by atoms with van der Waals surface area (Å²) in [4.78, 5) is 12.0. The van der Waals surface area contributed by atoms with Crippen molar-refractivity contribution in [1.29, 1.82) is 0 Å². The number of nitrogens with zero attached hydrogens (tertiary/aromatic N) is 2. The number of hydrogen-bond donors (Lipinski definition) is 3. The molecule has 0 saturated carbocycles. The van der Waals surface area contributed by atoms with Crippen LogP contribution in [0, 0.1) is 13.8 Å². The van der Waals surface area contributed by atoms with Gasteiger partial charge < -0.3 is 5.32 Å². The molecule has 25 heavy (non-hydrogen) atoms. The lowest BCUT2D eigenvalue weighted by molar-refractivity contribution is -0.122. The largest absolute Gasteiger partial charge is 0.331 e. The zero-order valence-electron chi connectivity index (χ0n) is 14.9. The Balaban J connectivity index is 1.76. The third-order valence-electron chi connectivity index (χ3n) is 3.74. The minimum atomic E-state index is -0.217. The summed E-state index contributed by atoms with van der Waals surface area (Å²) in [5.74, 6) is -0.217. The Labute approximate surface area is 154 Å². The molecule has 0 aliphatic rings. The molecule has 2 aromatic rings. The number of carbonyl (C=O) groups is 1. The molecule has 1 aromatic carbocycles. The first-order valence-electron chi connectivity index (χ1n) is 8.43. The second-order valence-electron chi connectivity index (χ2n) is 6.01. The molecule has 6 nitrogen and oxygen atoms in total. The van der Waals surface area contributed by atoms with Crippen molar-refractivity contribution in [3.05, 3.63) is 47.3 Å². The smallest absolute Gasteiger partial charge is 0.260 e.